The fraction of sp³-hybridized carbons (Fsp3) is 0.941. The molecule has 0 radical (unpaired) electrons. The molecule has 4 atom stereocenters. The SMILES string of the molecule is CS[C@@H]1CCCC[C@@H]1N[C@H]1CCC[C@H](C(=O)NC(C)C)C1. The summed E-state index contributed by atoms with van der Waals surface area (Å²) in [6.07, 6.45) is 12.2. The summed E-state index contributed by atoms with van der Waals surface area (Å²) < 4.78 is 0. The zero-order valence-corrected chi connectivity index (χ0v) is 14.7. The van der Waals surface area contributed by atoms with E-state index in [0.29, 0.717) is 12.1 Å². The maximum absolute atomic E-state index is 12.2. The summed E-state index contributed by atoms with van der Waals surface area (Å²) in [5.74, 6) is 0.483. The van der Waals surface area contributed by atoms with Gasteiger partial charge in [-0.1, -0.05) is 19.3 Å². The van der Waals surface area contributed by atoms with Gasteiger partial charge in [-0.3, -0.25) is 4.79 Å². The Hall–Kier alpha value is -0.220. The zero-order chi connectivity index (χ0) is 15.2. The van der Waals surface area contributed by atoms with E-state index in [2.05, 4.69) is 16.9 Å². The molecule has 2 fully saturated rings. The summed E-state index contributed by atoms with van der Waals surface area (Å²) in [6.45, 7) is 4.09. The largest absolute Gasteiger partial charge is 0.354 e. The van der Waals surface area contributed by atoms with E-state index in [1.807, 2.05) is 25.6 Å². The van der Waals surface area contributed by atoms with Crippen molar-refractivity contribution in [2.24, 2.45) is 5.92 Å². The lowest BCUT2D eigenvalue weighted by atomic mass is 9.83. The van der Waals surface area contributed by atoms with Gasteiger partial charge < -0.3 is 10.6 Å². The Balaban J connectivity index is 1.84. The summed E-state index contributed by atoms with van der Waals surface area (Å²) in [4.78, 5) is 12.2. The molecular weight excluding hydrogens is 280 g/mol. The fourth-order valence-corrected chi connectivity index (χ4v) is 4.80. The van der Waals surface area contributed by atoms with E-state index in [1.54, 1.807) is 0 Å². The number of thioether (sulfide) groups is 1. The van der Waals surface area contributed by atoms with Crippen LogP contribution < -0.4 is 10.6 Å². The van der Waals surface area contributed by atoms with Crippen LogP contribution in [0.25, 0.3) is 0 Å². The van der Waals surface area contributed by atoms with Crippen LogP contribution >= 0.6 is 11.8 Å². The van der Waals surface area contributed by atoms with E-state index < -0.39 is 0 Å². The molecule has 0 saturated heterocycles. The van der Waals surface area contributed by atoms with Gasteiger partial charge in [-0.25, -0.2) is 0 Å². The third-order valence-corrected chi connectivity index (χ3v) is 6.10. The maximum Gasteiger partial charge on any atom is 0.223 e. The Morgan fingerprint density at radius 3 is 2.57 bits per heavy atom. The quantitative estimate of drug-likeness (QED) is 0.818. The van der Waals surface area contributed by atoms with Crippen LogP contribution in [-0.2, 0) is 4.79 Å². The second kappa shape index (κ2) is 8.42. The molecule has 3 nitrogen and oxygen atoms in total. The molecule has 2 aliphatic carbocycles. The number of hydrogen-bond donors (Lipinski definition) is 2. The molecule has 0 bridgehead atoms. The molecule has 0 aromatic heterocycles. The molecule has 0 unspecified atom stereocenters. The Kier molecular flexibility index (Phi) is 6.87. The number of rotatable bonds is 5. The molecule has 2 saturated carbocycles. The van der Waals surface area contributed by atoms with Crippen LogP contribution in [0, 0.1) is 5.92 Å². The molecule has 122 valence electrons. The first kappa shape index (κ1) is 17.1. The molecule has 0 aromatic carbocycles. The van der Waals surface area contributed by atoms with Crippen molar-refractivity contribution in [2.75, 3.05) is 6.26 Å². The van der Waals surface area contributed by atoms with Gasteiger partial charge in [0.05, 0.1) is 0 Å². The minimum Gasteiger partial charge on any atom is -0.354 e. The molecule has 21 heavy (non-hydrogen) atoms. The third-order valence-electron chi connectivity index (χ3n) is 4.93. The monoisotopic (exact) mass is 312 g/mol. The highest BCUT2D eigenvalue weighted by atomic mass is 32.2. The summed E-state index contributed by atoms with van der Waals surface area (Å²) in [5, 5.41) is 7.75. The lowest BCUT2D eigenvalue weighted by Gasteiger charge is -2.37. The lowest BCUT2D eigenvalue weighted by molar-refractivity contribution is -0.126. The van der Waals surface area contributed by atoms with Gasteiger partial charge in [-0.2, -0.15) is 11.8 Å². The first-order chi connectivity index (χ1) is 10.1. The van der Waals surface area contributed by atoms with Crippen LogP contribution in [0.5, 0.6) is 0 Å². The number of amides is 1. The van der Waals surface area contributed by atoms with Crippen molar-refractivity contribution in [1.29, 1.82) is 0 Å². The zero-order valence-electron chi connectivity index (χ0n) is 13.9. The van der Waals surface area contributed by atoms with E-state index in [9.17, 15) is 4.79 Å². The first-order valence-corrected chi connectivity index (χ1v) is 9.98. The Morgan fingerprint density at radius 2 is 1.86 bits per heavy atom. The first-order valence-electron chi connectivity index (χ1n) is 8.69. The molecule has 2 aliphatic rings. The highest BCUT2D eigenvalue weighted by Crippen LogP contribution is 2.30. The minimum absolute atomic E-state index is 0.218. The van der Waals surface area contributed by atoms with Gasteiger partial charge in [-0.15, -0.1) is 0 Å². The molecule has 0 aliphatic heterocycles. The maximum atomic E-state index is 12.2. The molecule has 1 amide bonds. The van der Waals surface area contributed by atoms with E-state index in [0.717, 1.165) is 18.1 Å². The standard InChI is InChI=1S/C17H32N2OS/c1-12(2)18-17(20)13-7-6-8-14(11-13)19-15-9-4-5-10-16(15)21-3/h12-16,19H,4-11H2,1-3H3,(H,18,20)/t13-,14-,15-,16+/m0/s1. The molecule has 0 heterocycles. The summed E-state index contributed by atoms with van der Waals surface area (Å²) in [5.41, 5.74) is 0. The summed E-state index contributed by atoms with van der Waals surface area (Å²) >= 11 is 2.02. The van der Waals surface area contributed by atoms with Crippen LogP contribution in [0.2, 0.25) is 0 Å². The van der Waals surface area contributed by atoms with Gasteiger partial charge in [0.25, 0.3) is 0 Å². The van der Waals surface area contributed by atoms with Crippen molar-refractivity contribution < 1.29 is 4.79 Å². The van der Waals surface area contributed by atoms with Gasteiger partial charge >= 0.3 is 0 Å². The van der Waals surface area contributed by atoms with Crippen LogP contribution in [0.1, 0.15) is 65.2 Å². The van der Waals surface area contributed by atoms with Crippen LogP contribution in [0.4, 0.5) is 0 Å². The highest BCUT2D eigenvalue weighted by Gasteiger charge is 2.31. The van der Waals surface area contributed by atoms with Gasteiger partial charge in [-0.05, 0) is 52.2 Å². The molecule has 0 aromatic rings. The van der Waals surface area contributed by atoms with Gasteiger partial charge in [0, 0.05) is 29.3 Å². The second-order valence-electron chi connectivity index (χ2n) is 7.06. The molecule has 2 rings (SSSR count). The minimum atomic E-state index is 0.218. The van der Waals surface area contributed by atoms with Crippen molar-refractivity contribution in [3.63, 3.8) is 0 Å². The number of carbonyl (C=O) groups excluding carboxylic acids is 1. The molecule has 2 N–H and O–H groups in total. The fourth-order valence-electron chi connectivity index (χ4n) is 3.85. The molecule has 4 heteroatoms. The molecule has 0 spiro atoms. The van der Waals surface area contributed by atoms with E-state index in [-0.39, 0.29) is 17.9 Å². The van der Waals surface area contributed by atoms with Gasteiger partial charge in [0.2, 0.25) is 5.91 Å². The van der Waals surface area contributed by atoms with Gasteiger partial charge in [0.1, 0.15) is 0 Å². The van der Waals surface area contributed by atoms with Crippen molar-refractivity contribution in [2.45, 2.75) is 88.6 Å². The summed E-state index contributed by atoms with van der Waals surface area (Å²) in [6, 6.07) is 1.45. The normalized spacial score (nSPS) is 33.9. The molecular formula is C17H32N2OS. The topological polar surface area (TPSA) is 41.1 Å². The van der Waals surface area contributed by atoms with Crippen molar-refractivity contribution in [3.05, 3.63) is 0 Å². The predicted molar refractivity (Wildman–Crippen MR) is 91.7 cm³/mol. The Morgan fingerprint density at radius 1 is 1.10 bits per heavy atom. The lowest BCUT2D eigenvalue weighted by Crippen LogP contribution is -2.49. The number of carbonyl (C=O) groups is 1. The van der Waals surface area contributed by atoms with Crippen molar-refractivity contribution in [3.8, 4) is 0 Å². The summed E-state index contributed by atoms with van der Waals surface area (Å²) in [7, 11) is 0. The highest BCUT2D eigenvalue weighted by molar-refractivity contribution is 7.99. The number of hydrogen-bond acceptors (Lipinski definition) is 3. The van der Waals surface area contributed by atoms with E-state index in [1.165, 1.54) is 38.5 Å². The van der Waals surface area contributed by atoms with Crippen LogP contribution in [0.3, 0.4) is 0 Å². The van der Waals surface area contributed by atoms with E-state index in [4.69, 9.17) is 0 Å². The smallest absolute Gasteiger partial charge is 0.223 e. The third kappa shape index (κ3) is 5.17. The average Bonchev–Trinajstić information content (AvgIpc) is 2.47. The van der Waals surface area contributed by atoms with Crippen LogP contribution in [-0.4, -0.2) is 35.5 Å². The van der Waals surface area contributed by atoms with Crippen LogP contribution in [0.15, 0.2) is 0 Å². The van der Waals surface area contributed by atoms with Crippen molar-refractivity contribution >= 4 is 17.7 Å². The second-order valence-corrected chi connectivity index (χ2v) is 8.13. The Labute approximate surface area is 134 Å². The van der Waals surface area contributed by atoms with Crippen molar-refractivity contribution in [1.82, 2.24) is 10.6 Å². The van der Waals surface area contributed by atoms with E-state index >= 15 is 0 Å². The van der Waals surface area contributed by atoms with Gasteiger partial charge in [0.15, 0.2) is 0 Å². The number of nitrogens with one attached hydrogen (secondary N) is 2. The average molecular weight is 313 g/mol. The predicted octanol–water partition coefficient (Wildman–Crippen LogP) is 3.33. The Bertz CT molecular complexity index is 335.